The van der Waals surface area contributed by atoms with Gasteiger partial charge in [-0.1, -0.05) is 30.3 Å². The molecule has 2 aromatic rings. The first-order chi connectivity index (χ1) is 8.09. The molecule has 0 saturated heterocycles. The lowest BCUT2D eigenvalue weighted by atomic mass is 9.98. The van der Waals surface area contributed by atoms with Crippen LogP contribution in [0.3, 0.4) is 0 Å². The second-order valence-electron chi connectivity index (χ2n) is 3.85. The fourth-order valence-corrected chi connectivity index (χ4v) is 1.78. The molecule has 0 unspecified atom stereocenters. The summed E-state index contributed by atoms with van der Waals surface area (Å²) >= 11 is 0. The van der Waals surface area contributed by atoms with Crippen LogP contribution >= 0.6 is 0 Å². The van der Waals surface area contributed by atoms with Gasteiger partial charge in [0, 0.05) is 11.6 Å². The second-order valence-corrected chi connectivity index (χ2v) is 3.85. The largest absolute Gasteiger partial charge is 0.508 e. The van der Waals surface area contributed by atoms with Gasteiger partial charge in [0.25, 0.3) is 0 Å². The smallest absolute Gasteiger partial charge is 0.197 e. The van der Waals surface area contributed by atoms with E-state index in [4.69, 9.17) is 0 Å². The number of benzene rings is 2. The van der Waals surface area contributed by atoms with Crippen LogP contribution in [0.4, 0.5) is 0 Å². The van der Waals surface area contributed by atoms with E-state index in [9.17, 15) is 15.0 Å². The number of aryl methyl sites for hydroxylation is 1. The molecule has 0 aromatic heterocycles. The van der Waals surface area contributed by atoms with Crippen LogP contribution in [0, 0.1) is 6.92 Å². The maximum Gasteiger partial charge on any atom is 0.197 e. The Hall–Kier alpha value is -2.29. The van der Waals surface area contributed by atoms with Gasteiger partial charge in [-0.15, -0.1) is 0 Å². The molecule has 3 heteroatoms. The monoisotopic (exact) mass is 228 g/mol. The van der Waals surface area contributed by atoms with Gasteiger partial charge in [-0.05, 0) is 18.6 Å². The predicted octanol–water partition coefficient (Wildman–Crippen LogP) is 2.64. The fourth-order valence-electron chi connectivity index (χ4n) is 1.78. The average molecular weight is 228 g/mol. The van der Waals surface area contributed by atoms with Crippen molar-refractivity contribution in [2.75, 3.05) is 0 Å². The van der Waals surface area contributed by atoms with Crippen molar-refractivity contribution in [3.8, 4) is 11.5 Å². The highest BCUT2D eigenvalue weighted by molar-refractivity contribution is 6.11. The molecule has 0 saturated carbocycles. The summed E-state index contributed by atoms with van der Waals surface area (Å²) in [5.74, 6) is -0.499. The van der Waals surface area contributed by atoms with Gasteiger partial charge >= 0.3 is 0 Å². The third kappa shape index (κ3) is 2.13. The Kier molecular flexibility index (Phi) is 2.83. The van der Waals surface area contributed by atoms with Crippen LogP contribution in [0.15, 0.2) is 42.5 Å². The highest BCUT2D eigenvalue weighted by Gasteiger charge is 2.16. The summed E-state index contributed by atoms with van der Waals surface area (Å²) in [5.41, 5.74) is 1.29. The first-order valence-corrected chi connectivity index (χ1v) is 5.22. The topological polar surface area (TPSA) is 57.5 Å². The van der Waals surface area contributed by atoms with Crippen molar-refractivity contribution in [3.63, 3.8) is 0 Å². The SMILES string of the molecule is Cc1cc(O)cc(O)c1C(=O)c1ccccc1. The van der Waals surface area contributed by atoms with Crippen LogP contribution in [0.5, 0.6) is 11.5 Å². The van der Waals surface area contributed by atoms with Crippen molar-refractivity contribution >= 4 is 5.78 Å². The van der Waals surface area contributed by atoms with Gasteiger partial charge in [0.2, 0.25) is 0 Å². The summed E-state index contributed by atoms with van der Waals surface area (Å²) < 4.78 is 0. The highest BCUT2D eigenvalue weighted by Crippen LogP contribution is 2.28. The third-order valence-corrected chi connectivity index (χ3v) is 2.56. The Morgan fingerprint density at radius 1 is 1.06 bits per heavy atom. The lowest BCUT2D eigenvalue weighted by Gasteiger charge is -2.08. The molecule has 3 nitrogen and oxygen atoms in total. The van der Waals surface area contributed by atoms with Gasteiger partial charge in [0.15, 0.2) is 5.78 Å². The maximum atomic E-state index is 12.2. The van der Waals surface area contributed by atoms with Crippen LogP contribution in [-0.2, 0) is 0 Å². The Balaban J connectivity index is 2.52. The predicted molar refractivity (Wildman–Crippen MR) is 64.4 cm³/mol. The number of aromatic hydroxyl groups is 2. The summed E-state index contributed by atoms with van der Waals surface area (Å²) in [5, 5.41) is 19.0. The summed E-state index contributed by atoms with van der Waals surface area (Å²) in [6, 6.07) is 11.3. The van der Waals surface area contributed by atoms with Gasteiger partial charge in [0.05, 0.1) is 5.56 Å². The van der Waals surface area contributed by atoms with E-state index >= 15 is 0 Å². The minimum absolute atomic E-state index is 0.0513. The molecule has 0 aliphatic rings. The normalized spacial score (nSPS) is 10.2. The van der Waals surface area contributed by atoms with Crippen LogP contribution in [0.25, 0.3) is 0 Å². The number of phenolic OH excluding ortho intramolecular Hbond substituents is 2. The van der Waals surface area contributed by atoms with E-state index in [2.05, 4.69) is 0 Å². The Bertz CT molecular complexity index is 536. The first-order valence-electron chi connectivity index (χ1n) is 5.22. The fraction of sp³-hybridized carbons (Fsp3) is 0.0714. The van der Waals surface area contributed by atoms with E-state index in [-0.39, 0.29) is 22.8 Å². The summed E-state index contributed by atoms with van der Waals surface area (Å²) in [6.45, 7) is 1.68. The Labute approximate surface area is 99.0 Å². The van der Waals surface area contributed by atoms with Gasteiger partial charge in [0.1, 0.15) is 11.5 Å². The standard InChI is InChI=1S/C14H12O3/c1-9-7-11(15)8-12(16)13(9)14(17)10-5-3-2-4-6-10/h2-8,15-16H,1H3. The zero-order chi connectivity index (χ0) is 12.4. The van der Waals surface area contributed by atoms with Gasteiger partial charge in [-0.25, -0.2) is 0 Å². The quantitative estimate of drug-likeness (QED) is 0.777. The molecule has 17 heavy (non-hydrogen) atoms. The van der Waals surface area contributed by atoms with Crippen molar-refractivity contribution < 1.29 is 15.0 Å². The van der Waals surface area contributed by atoms with E-state index in [1.807, 2.05) is 6.07 Å². The average Bonchev–Trinajstić information content (AvgIpc) is 2.28. The number of hydrogen-bond donors (Lipinski definition) is 2. The summed E-state index contributed by atoms with van der Waals surface area (Å²) in [6.07, 6.45) is 0. The molecule has 0 radical (unpaired) electrons. The van der Waals surface area contributed by atoms with Crippen molar-refractivity contribution in [2.45, 2.75) is 6.92 Å². The highest BCUT2D eigenvalue weighted by atomic mass is 16.3. The molecule has 0 atom stereocenters. The minimum atomic E-state index is -0.249. The van der Waals surface area contributed by atoms with Crippen molar-refractivity contribution in [3.05, 3.63) is 59.2 Å². The number of phenols is 2. The Morgan fingerprint density at radius 2 is 1.71 bits per heavy atom. The lowest BCUT2D eigenvalue weighted by molar-refractivity contribution is 0.103. The summed E-state index contributed by atoms with van der Waals surface area (Å²) in [4.78, 5) is 12.2. The molecule has 86 valence electrons. The van der Waals surface area contributed by atoms with Crippen molar-refractivity contribution in [1.29, 1.82) is 0 Å². The molecule has 0 heterocycles. The van der Waals surface area contributed by atoms with Crippen molar-refractivity contribution in [1.82, 2.24) is 0 Å². The zero-order valence-corrected chi connectivity index (χ0v) is 9.34. The molecule has 2 aromatic carbocycles. The lowest BCUT2D eigenvalue weighted by Crippen LogP contribution is -2.03. The molecule has 0 bridgehead atoms. The van der Waals surface area contributed by atoms with Crippen LogP contribution in [0.2, 0.25) is 0 Å². The second kappa shape index (κ2) is 4.29. The number of carbonyl (C=O) groups is 1. The molecule has 2 rings (SSSR count). The van der Waals surface area contributed by atoms with Crippen molar-refractivity contribution in [2.24, 2.45) is 0 Å². The number of ketones is 1. The van der Waals surface area contributed by atoms with E-state index in [1.54, 1.807) is 31.2 Å². The molecule has 0 fully saturated rings. The van der Waals surface area contributed by atoms with Gasteiger partial charge in [-0.3, -0.25) is 4.79 Å². The minimum Gasteiger partial charge on any atom is -0.508 e. The third-order valence-electron chi connectivity index (χ3n) is 2.56. The molecule has 2 N–H and O–H groups in total. The Morgan fingerprint density at radius 3 is 2.29 bits per heavy atom. The molecule has 0 aliphatic carbocycles. The number of carbonyl (C=O) groups excluding carboxylic acids is 1. The molecule has 0 amide bonds. The van der Waals surface area contributed by atoms with Crippen LogP contribution < -0.4 is 0 Å². The maximum absolute atomic E-state index is 12.2. The van der Waals surface area contributed by atoms with E-state index in [0.717, 1.165) is 0 Å². The van der Waals surface area contributed by atoms with Gasteiger partial charge in [-0.2, -0.15) is 0 Å². The van der Waals surface area contributed by atoms with Crippen LogP contribution in [0.1, 0.15) is 21.5 Å². The number of rotatable bonds is 2. The van der Waals surface area contributed by atoms with E-state index in [1.165, 1.54) is 12.1 Å². The van der Waals surface area contributed by atoms with E-state index in [0.29, 0.717) is 11.1 Å². The summed E-state index contributed by atoms with van der Waals surface area (Å²) in [7, 11) is 0. The zero-order valence-electron chi connectivity index (χ0n) is 9.34. The first kappa shape index (κ1) is 11.2. The molecular formula is C14H12O3. The van der Waals surface area contributed by atoms with Gasteiger partial charge < -0.3 is 10.2 Å². The van der Waals surface area contributed by atoms with Crippen LogP contribution in [-0.4, -0.2) is 16.0 Å². The van der Waals surface area contributed by atoms with E-state index < -0.39 is 0 Å². The number of hydrogen-bond acceptors (Lipinski definition) is 3. The molecule has 0 spiro atoms. The molecule has 0 aliphatic heterocycles. The molecular weight excluding hydrogens is 216 g/mol.